The number of thiophene rings is 1. The molecule has 0 aliphatic rings. The van der Waals surface area contributed by atoms with Gasteiger partial charge in [-0.1, -0.05) is 15.9 Å². The van der Waals surface area contributed by atoms with E-state index >= 15 is 0 Å². The Morgan fingerprint density at radius 2 is 1.85 bits per heavy atom. The number of carbonyl (C=O) groups excluding carboxylic acids is 1. The monoisotopic (exact) mass is 426 g/mol. The van der Waals surface area contributed by atoms with Crippen LogP contribution in [0.25, 0.3) is 0 Å². The van der Waals surface area contributed by atoms with E-state index in [4.69, 9.17) is 0 Å². The van der Waals surface area contributed by atoms with E-state index in [1.807, 2.05) is 0 Å². The van der Waals surface area contributed by atoms with Gasteiger partial charge in [0, 0.05) is 19.4 Å². The first kappa shape index (κ1) is 15.7. The molecule has 2 aromatic rings. The van der Waals surface area contributed by atoms with Crippen molar-refractivity contribution in [1.29, 1.82) is 0 Å². The summed E-state index contributed by atoms with van der Waals surface area (Å²) in [6.45, 7) is 1.79. The summed E-state index contributed by atoms with van der Waals surface area (Å²) in [5, 5.41) is 0. The van der Waals surface area contributed by atoms with Crippen LogP contribution in [0.3, 0.4) is 0 Å². The number of carbonyl (C=O) groups is 1. The number of hydrogen-bond acceptors (Lipinski definition) is 2. The maximum atomic E-state index is 13.0. The lowest BCUT2D eigenvalue weighted by molar-refractivity contribution is -0.137. The Morgan fingerprint density at radius 1 is 1.20 bits per heavy atom. The van der Waals surface area contributed by atoms with Crippen molar-refractivity contribution in [1.82, 2.24) is 0 Å². The van der Waals surface area contributed by atoms with Crippen LogP contribution >= 0.6 is 43.2 Å². The van der Waals surface area contributed by atoms with Crippen LogP contribution in [0.15, 0.2) is 33.2 Å². The lowest BCUT2D eigenvalue weighted by atomic mass is 10.0. The Bertz CT molecular complexity index is 657. The Labute approximate surface area is 134 Å². The first-order chi connectivity index (χ1) is 9.20. The quantitative estimate of drug-likeness (QED) is 0.551. The van der Waals surface area contributed by atoms with Gasteiger partial charge in [0.1, 0.15) is 0 Å². The molecule has 1 aromatic heterocycles. The summed E-state index contributed by atoms with van der Waals surface area (Å²) in [7, 11) is 0. The maximum absolute atomic E-state index is 13.0. The molecule has 0 saturated heterocycles. The smallest absolute Gasteiger partial charge is 0.288 e. The van der Waals surface area contributed by atoms with Crippen LogP contribution in [0.4, 0.5) is 13.2 Å². The third-order valence-electron chi connectivity index (χ3n) is 2.61. The summed E-state index contributed by atoms with van der Waals surface area (Å²) in [6.07, 6.45) is -4.57. The zero-order chi connectivity index (χ0) is 15.1. The molecule has 0 spiro atoms. The summed E-state index contributed by atoms with van der Waals surface area (Å²) < 4.78 is 40.0. The van der Waals surface area contributed by atoms with Crippen molar-refractivity contribution >= 4 is 49.0 Å². The van der Waals surface area contributed by atoms with E-state index in [-0.39, 0.29) is 14.9 Å². The van der Waals surface area contributed by atoms with Crippen LogP contribution in [-0.2, 0) is 6.18 Å². The van der Waals surface area contributed by atoms with Gasteiger partial charge in [-0.2, -0.15) is 13.2 Å². The van der Waals surface area contributed by atoms with Crippen LogP contribution in [0.5, 0.6) is 0 Å². The van der Waals surface area contributed by atoms with Crippen molar-refractivity contribution in [3.8, 4) is 0 Å². The molecule has 20 heavy (non-hydrogen) atoms. The summed E-state index contributed by atoms with van der Waals surface area (Å²) in [6, 6.07) is 5.09. The average molecular weight is 428 g/mol. The zero-order valence-electron chi connectivity index (χ0n) is 10.0. The molecule has 0 unspecified atom stereocenters. The van der Waals surface area contributed by atoms with E-state index in [1.54, 1.807) is 13.0 Å². The van der Waals surface area contributed by atoms with Crippen LogP contribution in [-0.4, -0.2) is 5.78 Å². The van der Waals surface area contributed by atoms with Gasteiger partial charge in [0.15, 0.2) is 0 Å². The van der Waals surface area contributed by atoms with Gasteiger partial charge in [0.05, 0.1) is 10.4 Å². The first-order valence-electron chi connectivity index (χ1n) is 5.37. The van der Waals surface area contributed by atoms with Crippen molar-refractivity contribution in [3.05, 3.63) is 54.1 Å². The molecular weight excluding hydrogens is 421 g/mol. The Morgan fingerprint density at radius 3 is 2.35 bits per heavy atom. The average Bonchev–Trinajstić information content (AvgIpc) is 2.67. The van der Waals surface area contributed by atoms with Gasteiger partial charge in [0.2, 0.25) is 5.78 Å². The molecule has 0 aliphatic heterocycles. The van der Waals surface area contributed by atoms with Crippen LogP contribution in [0.1, 0.15) is 25.7 Å². The van der Waals surface area contributed by atoms with Gasteiger partial charge in [0.25, 0.3) is 0 Å². The molecule has 0 bridgehead atoms. The largest absolute Gasteiger partial charge is 0.417 e. The SMILES string of the molecule is Cc1sc(C(=O)c2ccc(Br)cc2C(F)(F)F)cc1Br. The summed E-state index contributed by atoms with van der Waals surface area (Å²) in [5.41, 5.74) is -1.27. The number of alkyl halides is 3. The molecule has 0 saturated carbocycles. The van der Waals surface area contributed by atoms with E-state index in [0.717, 1.165) is 15.4 Å². The predicted molar refractivity (Wildman–Crippen MR) is 79.3 cm³/mol. The standard InChI is InChI=1S/C13H7Br2F3OS/c1-6-10(15)5-11(20-6)12(19)8-3-2-7(14)4-9(8)13(16,17)18/h2-5H,1H3. The third-order valence-corrected chi connectivity index (χ3v) is 5.24. The molecule has 0 amide bonds. The van der Waals surface area contributed by atoms with Crippen LogP contribution in [0, 0.1) is 6.92 Å². The van der Waals surface area contributed by atoms with Gasteiger partial charge in [-0.15, -0.1) is 11.3 Å². The summed E-state index contributed by atoms with van der Waals surface area (Å²) in [5.74, 6) is -0.622. The Kier molecular flexibility index (Phi) is 4.41. The minimum absolute atomic E-state index is 0.280. The lowest BCUT2D eigenvalue weighted by Gasteiger charge is -2.11. The highest BCUT2D eigenvalue weighted by molar-refractivity contribution is 9.10. The highest BCUT2D eigenvalue weighted by Crippen LogP contribution is 2.36. The predicted octanol–water partition coefficient (Wildman–Crippen LogP) is 5.83. The van der Waals surface area contributed by atoms with Crippen molar-refractivity contribution in [2.75, 3.05) is 0 Å². The van der Waals surface area contributed by atoms with E-state index in [9.17, 15) is 18.0 Å². The molecule has 0 aliphatic carbocycles. The van der Waals surface area contributed by atoms with Crippen molar-refractivity contribution in [3.63, 3.8) is 0 Å². The van der Waals surface area contributed by atoms with E-state index < -0.39 is 17.5 Å². The van der Waals surface area contributed by atoms with Crippen molar-refractivity contribution in [2.24, 2.45) is 0 Å². The van der Waals surface area contributed by atoms with Crippen LogP contribution in [0.2, 0.25) is 0 Å². The topological polar surface area (TPSA) is 17.1 Å². The van der Waals surface area contributed by atoms with Crippen LogP contribution < -0.4 is 0 Å². The second-order valence-electron chi connectivity index (χ2n) is 4.03. The highest BCUT2D eigenvalue weighted by Gasteiger charge is 2.35. The number of ketones is 1. The van der Waals surface area contributed by atoms with E-state index in [0.29, 0.717) is 0 Å². The molecular formula is C13H7Br2F3OS. The van der Waals surface area contributed by atoms with Crippen molar-refractivity contribution < 1.29 is 18.0 Å². The molecule has 106 valence electrons. The number of hydrogen-bond donors (Lipinski definition) is 0. The molecule has 1 heterocycles. The molecule has 0 N–H and O–H groups in total. The molecule has 0 radical (unpaired) electrons. The molecule has 2 rings (SSSR count). The number of halogens is 5. The zero-order valence-corrected chi connectivity index (χ0v) is 14.0. The fourth-order valence-electron chi connectivity index (χ4n) is 1.65. The fraction of sp³-hybridized carbons (Fsp3) is 0.154. The van der Waals surface area contributed by atoms with Gasteiger partial charge < -0.3 is 0 Å². The fourth-order valence-corrected chi connectivity index (χ4v) is 3.50. The van der Waals surface area contributed by atoms with E-state index in [1.165, 1.54) is 23.5 Å². The first-order valence-corrected chi connectivity index (χ1v) is 7.78. The third kappa shape index (κ3) is 3.15. The normalized spacial score (nSPS) is 11.7. The van der Waals surface area contributed by atoms with Gasteiger partial charge >= 0.3 is 6.18 Å². The van der Waals surface area contributed by atoms with E-state index in [2.05, 4.69) is 31.9 Å². The molecule has 1 aromatic carbocycles. The Hall–Kier alpha value is -0.660. The summed E-state index contributed by atoms with van der Waals surface area (Å²) >= 11 is 7.41. The van der Waals surface area contributed by atoms with Gasteiger partial charge in [-0.05, 0) is 47.1 Å². The second-order valence-corrected chi connectivity index (χ2v) is 7.06. The van der Waals surface area contributed by atoms with Gasteiger partial charge in [-0.25, -0.2) is 0 Å². The molecule has 0 fully saturated rings. The molecule has 7 heteroatoms. The van der Waals surface area contributed by atoms with Crippen molar-refractivity contribution in [2.45, 2.75) is 13.1 Å². The Balaban J connectivity index is 2.55. The molecule has 0 atom stereocenters. The number of rotatable bonds is 2. The number of benzene rings is 1. The number of aryl methyl sites for hydroxylation is 1. The molecule has 1 nitrogen and oxygen atoms in total. The minimum atomic E-state index is -4.57. The minimum Gasteiger partial charge on any atom is -0.288 e. The second kappa shape index (κ2) is 5.61. The summed E-state index contributed by atoms with van der Waals surface area (Å²) in [4.78, 5) is 13.4. The highest BCUT2D eigenvalue weighted by atomic mass is 79.9. The maximum Gasteiger partial charge on any atom is 0.417 e. The van der Waals surface area contributed by atoms with Gasteiger partial charge in [-0.3, -0.25) is 4.79 Å². The lowest BCUT2D eigenvalue weighted by Crippen LogP contribution is -2.13.